The summed E-state index contributed by atoms with van der Waals surface area (Å²) in [5.74, 6) is -0.0310. The number of hydrogen-bond donors (Lipinski definition) is 2. The maximum absolute atomic E-state index is 12.7. The smallest absolute Gasteiger partial charge is 0.244 e. The van der Waals surface area contributed by atoms with Crippen molar-refractivity contribution in [1.29, 1.82) is 0 Å². The SMILES string of the molecule is COc1ccc(C)cc1S(=O)(=O)N[C@@H](C)C(=O)NC1CCCCCC1. The molecule has 2 rings (SSSR count). The topological polar surface area (TPSA) is 84.5 Å². The number of amides is 1. The van der Waals surface area contributed by atoms with Crippen LogP contribution in [0.1, 0.15) is 51.0 Å². The zero-order valence-electron chi connectivity index (χ0n) is 15.2. The molecule has 7 heteroatoms. The van der Waals surface area contributed by atoms with Crippen LogP contribution in [0.2, 0.25) is 0 Å². The summed E-state index contributed by atoms with van der Waals surface area (Å²) in [6, 6.07) is 4.21. The average Bonchev–Trinajstić information content (AvgIpc) is 2.83. The Balaban J connectivity index is 2.06. The molecule has 0 radical (unpaired) electrons. The zero-order chi connectivity index (χ0) is 18.4. The van der Waals surface area contributed by atoms with Crippen LogP contribution in [0, 0.1) is 6.92 Å². The Kier molecular flexibility index (Phi) is 6.84. The van der Waals surface area contributed by atoms with E-state index in [9.17, 15) is 13.2 Å². The van der Waals surface area contributed by atoms with Crippen molar-refractivity contribution < 1.29 is 17.9 Å². The maximum Gasteiger partial charge on any atom is 0.244 e. The molecule has 6 nitrogen and oxygen atoms in total. The van der Waals surface area contributed by atoms with Gasteiger partial charge >= 0.3 is 0 Å². The van der Waals surface area contributed by atoms with Gasteiger partial charge < -0.3 is 10.1 Å². The lowest BCUT2D eigenvalue weighted by atomic mass is 10.1. The van der Waals surface area contributed by atoms with Gasteiger partial charge in [0.1, 0.15) is 10.6 Å². The molecule has 2 N–H and O–H groups in total. The second-order valence-corrected chi connectivity index (χ2v) is 8.38. The third-order valence-electron chi connectivity index (χ3n) is 4.54. The van der Waals surface area contributed by atoms with Crippen LogP contribution < -0.4 is 14.8 Å². The highest BCUT2D eigenvalue weighted by molar-refractivity contribution is 7.89. The van der Waals surface area contributed by atoms with Gasteiger partial charge in [0, 0.05) is 6.04 Å². The second-order valence-electron chi connectivity index (χ2n) is 6.69. The number of nitrogens with one attached hydrogen (secondary N) is 2. The molecule has 1 saturated carbocycles. The summed E-state index contributed by atoms with van der Waals surface area (Å²) in [6.07, 6.45) is 6.51. The van der Waals surface area contributed by atoms with Crippen molar-refractivity contribution in [1.82, 2.24) is 10.0 Å². The van der Waals surface area contributed by atoms with Gasteiger partial charge in [0.25, 0.3) is 0 Å². The van der Waals surface area contributed by atoms with Gasteiger partial charge in [-0.2, -0.15) is 4.72 Å². The number of hydrogen-bond acceptors (Lipinski definition) is 4. The van der Waals surface area contributed by atoms with Gasteiger partial charge in [-0.05, 0) is 44.4 Å². The first kappa shape index (κ1) is 19.7. The summed E-state index contributed by atoms with van der Waals surface area (Å²) in [4.78, 5) is 12.4. The van der Waals surface area contributed by atoms with Crippen molar-refractivity contribution in [2.75, 3.05) is 7.11 Å². The lowest BCUT2D eigenvalue weighted by Gasteiger charge is -2.20. The van der Waals surface area contributed by atoms with E-state index in [1.807, 2.05) is 0 Å². The molecular formula is C18H28N2O4S. The summed E-state index contributed by atoms with van der Waals surface area (Å²) in [7, 11) is -2.43. The summed E-state index contributed by atoms with van der Waals surface area (Å²) < 4.78 is 32.9. The molecule has 1 aromatic carbocycles. The third-order valence-corrected chi connectivity index (χ3v) is 6.10. The largest absolute Gasteiger partial charge is 0.495 e. The third kappa shape index (κ3) is 5.44. The zero-order valence-corrected chi connectivity index (χ0v) is 16.0. The van der Waals surface area contributed by atoms with Gasteiger partial charge in [-0.1, -0.05) is 31.7 Å². The molecule has 0 spiro atoms. The predicted molar refractivity (Wildman–Crippen MR) is 97.1 cm³/mol. The monoisotopic (exact) mass is 368 g/mol. The Hall–Kier alpha value is -1.60. The van der Waals surface area contributed by atoms with Crippen LogP contribution in [0.25, 0.3) is 0 Å². The maximum atomic E-state index is 12.7. The van der Waals surface area contributed by atoms with E-state index >= 15 is 0 Å². The number of aryl methyl sites for hydroxylation is 1. The van der Waals surface area contributed by atoms with E-state index < -0.39 is 16.1 Å². The minimum atomic E-state index is -3.85. The van der Waals surface area contributed by atoms with Crippen molar-refractivity contribution in [3.05, 3.63) is 23.8 Å². The van der Waals surface area contributed by atoms with E-state index in [0.29, 0.717) is 0 Å². The molecule has 0 bridgehead atoms. The molecule has 1 aromatic rings. The predicted octanol–water partition coefficient (Wildman–Crippen LogP) is 2.51. The Labute approximate surface area is 150 Å². The fraction of sp³-hybridized carbons (Fsp3) is 0.611. The quantitative estimate of drug-likeness (QED) is 0.756. The Morgan fingerprint density at radius 3 is 2.44 bits per heavy atom. The van der Waals surface area contributed by atoms with E-state index in [1.165, 1.54) is 26.0 Å². The lowest BCUT2D eigenvalue weighted by molar-refractivity contribution is -0.123. The molecule has 25 heavy (non-hydrogen) atoms. The fourth-order valence-corrected chi connectivity index (χ4v) is 4.55. The first-order chi connectivity index (χ1) is 11.8. The minimum absolute atomic E-state index is 0.0455. The van der Waals surface area contributed by atoms with E-state index in [2.05, 4.69) is 10.0 Å². The Bertz CT molecular complexity index is 695. The van der Waals surface area contributed by atoms with Crippen LogP contribution in [-0.2, 0) is 14.8 Å². The Morgan fingerprint density at radius 1 is 1.20 bits per heavy atom. The van der Waals surface area contributed by atoms with Crippen LogP contribution in [-0.4, -0.2) is 33.5 Å². The van der Waals surface area contributed by atoms with E-state index in [4.69, 9.17) is 4.74 Å². The van der Waals surface area contributed by atoms with Gasteiger partial charge in [-0.25, -0.2) is 8.42 Å². The van der Waals surface area contributed by atoms with Crippen LogP contribution in [0.3, 0.4) is 0 Å². The van der Waals surface area contributed by atoms with Gasteiger partial charge in [0.15, 0.2) is 0 Å². The molecular weight excluding hydrogens is 340 g/mol. The highest BCUT2D eigenvalue weighted by atomic mass is 32.2. The number of rotatable bonds is 6. The number of ether oxygens (including phenoxy) is 1. The van der Waals surface area contributed by atoms with Crippen molar-refractivity contribution >= 4 is 15.9 Å². The molecule has 0 aromatic heterocycles. The van der Waals surface area contributed by atoms with Gasteiger partial charge in [0.2, 0.25) is 15.9 Å². The van der Waals surface area contributed by atoms with Crippen molar-refractivity contribution in [3.8, 4) is 5.75 Å². The Morgan fingerprint density at radius 2 is 1.84 bits per heavy atom. The van der Waals surface area contributed by atoms with Crippen LogP contribution in [0.5, 0.6) is 5.75 Å². The molecule has 1 fully saturated rings. The minimum Gasteiger partial charge on any atom is -0.495 e. The standard InChI is InChI=1S/C18H28N2O4S/c1-13-10-11-16(24-3)17(12-13)25(22,23)20-14(2)18(21)19-15-8-6-4-5-7-9-15/h10-12,14-15,20H,4-9H2,1-3H3,(H,19,21)/t14-/m0/s1. The highest BCUT2D eigenvalue weighted by Gasteiger charge is 2.26. The number of methoxy groups -OCH3 is 1. The number of carbonyl (C=O) groups excluding carboxylic acids is 1. The van der Waals surface area contributed by atoms with Gasteiger partial charge in [0.05, 0.1) is 13.2 Å². The van der Waals surface area contributed by atoms with E-state index in [0.717, 1.165) is 31.2 Å². The average molecular weight is 368 g/mol. The van der Waals surface area contributed by atoms with Crippen molar-refractivity contribution in [2.24, 2.45) is 0 Å². The number of sulfonamides is 1. The first-order valence-corrected chi connectivity index (χ1v) is 10.3. The highest BCUT2D eigenvalue weighted by Crippen LogP contribution is 2.24. The summed E-state index contributed by atoms with van der Waals surface area (Å²) >= 11 is 0. The molecule has 0 unspecified atom stereocenters. The molecule has 0 aliphatic heterocycles. The summed E-state index contributed by atoms with van der Waals surface area (Å²) in [5.41, 5.74) is 0.803. The van der Waals surface area contributed by atoms with Gasteiger partial charge in [-0.15, -0.1) is 0 Å². The molecule has 140 valence electrons. The second kappa shape index (κ2) is 8.67. The lowest BCUT2D eigenvalue weighted by Crippen LogP contribution is -2.48. The fourth-order valence-electron chi connectivity index (χ4n) is 3.09. The first-order valence-electron chi connectivity index (χ1n) is 8.81. The molecule has 0 saturated heterocycles. The summed E-state index contributed by atoms with van der Waals surface area (Å²) in [5, 5.41) is 2.98. The molecule has 1 aliphatic carbocycles. The summed E-state index contributed by atoms with van der Waals surface area (Å²) in [6.45, 7) is 3.37. The van der Waals surface area contributed by atoms with E-state index in [1.54, 1.807) is 26.0 Å². The van der Waals surface area contributed by atoms with Crippen molar-refractivity contribution in [2.45, 2.75) is 69.4 Å². The van der Waals surface area contributed by atoms with Crippen molar-refractivity contribution in [3.63, 3.8) is 0 Å². The van der Waals surface area contributed by atoms with E-state index in [-0.39, 0.29) is 22.6 Å². The number of carbonyl (C=O) groups is 1. The molecule has 0 heterocycles. The van der Waals surface area contributed by atoms with Crippen LogP contribution >= 0.6 is 0 Å². The molecule has 1 amide bonds. The van der Waals surface area contributed by atoms with Gasteiger partial charge in [-0.3, -0.25) is 4.79 Å². The van der Waals surface area contributed by atoms with Crippen LogP contribution in [0.4, 0.5) is 0 Å². The normalized spacial score (nSPS) is 17.6. The van der Waals surface area contributed by atoms with Crippen LogP contribution in [0.15, 0.2) is 23.1 Å². The molecule has 1 aliphatic rings. The molecule has 1 atom stereocenters. The number of benzene rings is 1.